The number of halogens is 3. The van der Waals surface area contributed by atoms with Gasteiger partial charge in [0, 0.05) is 5.56 Å². The first-order valence-electron chi connectivity index (χ1n) is 6.10. The predicted molar refractivity (Wildman–Crippen MR) is 85.5 cm³/mol. The monoisotopic (exact) mass is 418 g/mol. The van der Waals surface area contributed by atoms with Crippen molar-refractivity contribution < 1.29 is 19.0 Å². The first-order chi connectivity index (χ1) is 9.92. The number of aliphatic hydroxyl groups excluding tert-OH is 1. The lowest BCUT2D eigenvalue weighted by atomic mass is 10.1. The molecule has 21 heavy (non-hydrogen) atoms. The van der Waals surface area contributed by atoms with E-state index in [-0.39, 0.29) is 0 Å². The molecule has 0 bridgehead atoms. The van der Waals surface area contributed by atoms with E-state index in [1.54, 1.807) is 26.2 Å². The van der Waals surface area contributed by atoms with Gasteiger partial charge in [0.1, 0.15) is 23.1 Å². The van der Waals surface area contributed by atoms with E-state index < -0.39 is 11.9 Å². The molecule has 0 heterocycles. The zero-order valence-electron chi connectivity index (χ0n) is 11.4. The predicted octanol–water partition coefficient (Wildman–Crippen LogP) is 5.20. The molecule has 112 valence electrons. The second-order valence-electron chi connectivity index (χ2n) is 4.38. The van der Waals surface area contributed by atoms with Crippen LogP contribution >= 0.6 is 31.9 Å². The van der Waals surface area contributed by atoms with Gasteiger partial charge in [-0.05, 0) is 69.1 Å². The van der Waals surface area contributed by atoms with Crippen LogP contribution < -0.4 is 9.47 Å². The molecular formula is C15H13Br2FO3. The van der Waals surface area contributed by atoms with E-state index >= 15 is 0 Å². The first kappa shape index (κ1) is 16.3. The highest BCUT2D eigenvalue weighted by Crippen LogP contribution is 2.39. The van der Waals surface area contributed by atoms with Crippen LogP contribution in [0.5, 0.6) is 17.2 Å². The zero-order valence-corrected chi connectivity index (χ0v) is 14.5. The van der Waals surface area contributed by atoms with Crippen LogP contribution in [-0.4, -0.2) is 12.2 Å². The minimum atomic E-state index is -0.837. The van der Waals surface area contributed by atoms with Crippen molar-refractivity contribution in [2.45, 2.75) is 13.0 Å². The molecular weight excluding hydrogens is 407 g/mol. The molecule has 0 saturated heterocycles. The van der Waals surface area contributed by atoms with Gasteiger partial charge in [-0.1, -0.05) is 0 Å². The maximum atomic E-state index is 13.3. The van der Waals surface area contributed by atoms with E-state index in [1.807, 2.05) is 0 Å². The number of rotatable bonds is 4. The van der Waals surface area contributed by atoms with Crippen molar-refractivity contribution in [2.24, 2.45) is 0 Å². The normalized spacial score (nSPS) is 12.1. The zero-order chi connectivity index (χ0) is 15.6. The topological polar surface area (TPSA) is 38.7 Å². The Morgan fingerprint density at radius 2 is 1.67 bits per heavy atom. The van der Waals surface area contributed by atoms with Crippen LogP contribution in [-0.2, 0) is 0 Å². The fourth-order valence-corrected chi connectivity index (χ4v) is 2.69. The summed E-state index contributed by atoms with van der Waals surface area (Å²) in [5.74, 6) is 1.15. The largest absolute Gasteiger partial charge is 0.496 e. The second kappa shape index (κ2) is 6.77. The second-order valence-corrected chi connectivity index (χ2v) is 6.09. The van der Waals surface area contributed by atoms with Gasteiger partial charge in [0.15, 0.2) is 0 Å². The Morgan fingerprint density at radius 1 is 1.05 bits per heavy atom. The van der Waals surface area contributed by atoms with Gasteiger partial charge in [-0.25, -0.2) is 4.39 Å². The van der Waals surface area contributed by atoms with E-state index in [9.17, 15) is 9.50 Å². The van der Waals surface area contributed by atoms with Gasteiger partial charge in [-0.15, -0.1) is 0 Å². The van der Waals surface area contributed by atoms with E-state index in [0.717, 1.165) is 4.47 Å². The average Bonchev–Trinajstić information content (AvgIpc) is 2.44. The minimum absolute atomic E-state index is 0.383. The number of methoxy groups -OCH3 is 1. The molecule has 0 radical (unpaired) electrons. The van der Waals surface area contributed by atoms with Gasteiger partial charge in [0.2, 0.25) is 0 Å². The summed E-state index contributed by atoms with van der Waals surface area (Å²) in [4.78, 5) is 0. The fourth-order valence-electron chi connectivity index (χ4n) is 1.80. The summed E-state index contributed by atoms with van der Waals surface area (Å²) in [6.45, 7) is 1.56. The molecule has 2 rings (SSSR count). The number of hydrogen-bond acceptors (Lipinski definition) is 3. The molecule has 1 atom stereocenters. The number of aliphatic hydroxyl groups is 1. The molecule has 0 aliphatic rings. The summed E-state index contributed by atoms with van der Waals surface area (Å²) >= 11 is 6.77. The summed E-state index contributed by atoms with van der Waals surface area (Å²) in [7, 11) is 1.57. The Kier molecular flexibility index (Phi) is 5.24. The van der Waals surface area contributed by atoms with Gasteiger partial charge in [-0.3, -0.25) is 0 Å². The maximum absolute atomic E-state index is 13.3. The van der Waals surface area contributed by atoms with Gasteiger partial charge >= 0.3 is 0 Å². The van der Waals surface area contributed by atoms with Crippen molar-refractivity contribution in [3.8, 4) is 17.2 Å². The van der Waals surface area contributed by atoms with Crippen LogP contribution in [0.4, 0.5) is 4.39 Å². The average molecular weight is 420 g/mol. The Hall–Kier alpha value is -1.11. The highest BCUT2D eigenvalue weighted by Gasteiger charge is 2.14. The standard InChI is InChI=1S/C15H13Br2FO3/c1-8(19)10-5-9(18)3-4-13(10)21-15-7-11(16)14(20-2)6-12(15)17/h3-8,19H,1-2H3/t8-/m0/s1. The Bertz CT molecular complexity index is 660. The lowest BCUT2D eigenvalue weighted by Gasteiger charge is -2.15. The van der Waals surface area contributed by atoms with Crippen molar-refractivity contribution in [3.63, 3.8) is 0 Å². The first-order valence-corrected chi connectivity index (χ1v) is 7.69. The number of ether oxygens (including phenoxy) is 2. The minimum Gasteiger partial charge on any atom is -0.496 e. The summed E-state index contributed by atoms with van der Waals surface area (Å²) in [5, 5.41) is 9.73. The van der Waals surface area contributed by atoms with Crippen LogP contribution in [0.15, 0.2) is 39.3 Å². The van der Waals surface area contributed by atoms with Crippen LogP contribution in [0, 0.1) is 5.82 Å². The van der Waals surface area contributed by atoms with Crippen LogP contribution in [0.3, 0.4) is 0 Å². The highest BCUT2D eigenvalue weighted by atomic mass is 79.9. The fraction of sp³-hybridized carbons (Fsp3) is 0.200. The van der Waals surface area contributed by atoms with Crippen molar-refractivity contribution in [3.05, 3.63) is 50.7 Å². The van der Waals surface area contributed by atoms with E-state index in [1.165, 1.54) is 18.2 Å². The number of hydrogen-bond donors (Lipinski definition) is 1. The molecule has 2 aromatic carbocycles. The third kappa shape index (κ3) is 3.75. The smallest absolute Gasteiger partial charge is 0.143 e. The molecule has 3 nitrogen and oxygen atoms in total. The lowest BCUT2D eigenvalue weighted by Crippen LogP contribution is -1.98. The molecule has 0 amide bonds. The van der Waals surface area contributed by atoms with Crippen LogP contribution in [0.1, 0.15) is 18.6 Å². The molecule has 0 aromatic heterocycles. The van der Waals surface area contributed by atoms with Crippen molar-refractivity contribution in [1.29, 1.82) is 0 Å². The molecule has 0 saturated carbocycles. The van der Waals surface area contributed by atoms with Crippen molar-refractivity contribution in [2.75, 3.05) is 7.11 Å². The lowest BCUT2D eigenvalue weighted by molar-refractivity contribution is 0.195. The molecule has 1 N–H and O–H groups in total. The third-order valence-electron chi connectivity index (χ3n) is 2.85. The van der Waals surface area contributed by atoms with Crippen LogP contribution in [0.2, 0.25) is 0 Å². The highest BCUT2D eigenvalue weighted by molar-refractivity contribution is 9.11. The van der Waals surface area contributed by atoms with Crippen molar-refractivity contribution in [1.82, 2.24) is 0 Å². The molecule has 0 spiro atoms. The third-order valence-corrected chi connectivity index (χ3v) is 4.09. The maximum Gasteiger partial charge on any atom is 0.143 e. The van der Waals surface area contributed by atoms with Gasteiger partial charge in [-0.2, -0.15) is 0 Å². The SMILES string of the molecule is COc1cc(Br)c(Oc2ccc(F)cc2[C@H](C)O)cc1Br. The Morgan fingerprint density at radius 3 is 2.29 bits per heavy atom. The van der Waals surface area contributed by atoms with E-state index in [2.05, 4.69) is 31.9 Å². The summed E-state index contributed by atoms with van der Waals surface area (Å²) in [6, 6.07) is 7.52. The molecule has 0 aliphatic carbocycles. The van der Waals surface area contributed by atoms with Crippen molar-refractivity contribution >= 4 is 31.9 Å². The summed E-state index contributed by atoms with van der Waals surface area (Å²) < 4.78 is 25.7. The quantitative estimate of drug-likeness (QED) is 0.739. The van der Waals surface area contributed by atoms with E-state index in [0.29, 0.717) is 27.3 Å². The summed E-state index contributed by atoms with van der Waals surface area (Å²) in [5.41, 5.74) is 0.383. The molecule has 2 aromatic rings. The van der Waals surface area contributed by atoms with Gasteiger partial charge < -0.3 is 14.6 Å². The Balaban J connectivity index is 2.41. The van der Waals surface area contributed by atoms with Gasteiger partial charge in [0.25, 0.3) is 0 Å². The summed E-state index contributed by atoms with van der Waals surface area (Å²) in [6.07, 6.45) is -0.837. The van der Waals surface area contributed by atoms with E-state index in [4.69, 9.17) is 9.47 Å². The molecule has 0 aliphatic heterocycles. The number of benzene rings is 2. The van der Waals surface area contributed by atoms with Gasteiger partial charge in [0.05, 0.1) is 22.2 Å². The molecule has 0 fully saturated rings. The Labute approximate surface area is 139 Å². The molecule has 6 heteroatoms. The molecule has 0 unspecified atom stereocenters. The van der Waals surface area contributed by atoms with Crippen LogP contribution in [0.25, 0.3) is 0 Å².